The summed E-state index contributed by atoms with van der Waals surface area (Å²) in [5, 5.41) is 10.9. The summed E-state index contributed by atoms with van der Waals surface area (Å²) in [6.07, 6.45) is 0. The minimum absolute atomic E-state index is 0.0650. The Morgan fingerprint density at radius 1 is 1.24 bits per heavy atom. The molecule has 0 aromatic rings. The summed E-state index contributed by atoms with van der Waals surface area (Å²) in [7, 11) is 1.49. The van der Waals surface area contributed by atoms with Crippen molar-refractivity contribution in [3.63, 3.8) is 0 Å². The van der Waals surface area contributed by atoms with Crippen LogP contribution in [0.4, 0.5) is 4.79 Å². The Bertz CT molecular complexity index is 336. The molecule has 2 amide bonds. The summed E-state index contributed by atoms with van der Waals surface area (Å²) in [6.45, 7) is 2.03. The largest absolute Gasteiger partial charge is 0.480 e. The van der Waals surface area contributed by atoms with Gasteiger partial charge >= 0.3 is 18.0 Å². The van der Waals surface area contributed by atoms with Gasteiger partial charge in [0.05, 0.1) is 19.8 Å². The van der Waals surface area contributed by atoms with Crippen molar-refractivity contribution in [1.29, 1.82) is 0 Å². The number of esters is 1. The molecule has 0 saturated carbocycles. The number of methoxy groups -OCH3 is 1. The second kappa shape index (κ2) is 11.9. The van der Waals surface area contributed by atoms with Crippen molar-refractivity contribution in [2.45, 2.75) is 6.92 Å². The van der Waals surface area contributed by atoms with Gasteiger partial charge in [0.25, 0.3) is 0 Å². The molecule has 0 unspecified atom stereocenters. The molecule has 0 aliphatic carbocycles. The highest BCUT2D eigenvalue weighted by atomic mass is 16.5. The van der Waals surface area contributed by atoms with Crippen molar-refractivity contribution in [2.24, 2.45) is 0 Å². The molecule has 0 rings (SSSR count). The number of nitrogens with one attached hydrogen (secondary N) is 1. The first-order valence-corrected chi connectivity index (χ1v) is 6.48. The van der Waals surface area contributed by atoms with E-state index < -0.39 is 24.6 Å². The molecule has 0 heterocycles. The lowest BCUT2D eigenvalue weighted by Gasteiger charge is -2.21. The van der Waals surface area contributed by atoms with Crippen molar-refractivity contribution in [2.75, 3.05) is 53.2 Å². The molecule has 9 heteroatoms. The molecule has 0 bridgehead atoms. The molecular weight excluding hydrogens is 284 g/mol. The molecule has 0 aliphatic heterocycles. The molecule has 0 fully saturated rings. The van der Waals surface area contributed by atoms with Crippen molar-refractivity contribution in [3.05, 3.63) is 0 Å². The van der Waals surface area contributed by atoms with E-state index in [-0.39, 0.29) is 39.5 Å². The van der Waals surface area contributed by atoms with Gasteiger partial charge in [-0.2, -0.15) is 0 Å². The second-order valence-electron chi connectivity index (χ2n) is 3.90. The smallest absolute Gasteiger partial charge is 0.329 e. The molecule has 21 heavy (non-hydrogen) atoms. The van der Waals surface area contributed by atoms with Gasteiger partial charge in [0.1, 0.15) is 13.2 Å². The van der Waals surface area contributed by atoms with Crippen LogP contribution in [0.15, 0.2) is 0 Å². The lowest BCUT2D eigenvalue weighted by atomic mass is 10.5. The van der Waals surface area contributed by atoms with Gasteiger partial charge in [-0.05, 0) is 6.92 Å². The number of urea groups is 1. The van der Waals surface area contributed by atoms with Gasteiger partial charge < -0.3 is 29.5 Å². The zero-order valence-corrected chi connectivity index (χ0v) is 12.3. The Kier molecular flexibility index (Phi) is 10.9. The number of carbonyl (C=O) groups excluding carboxylic acids is 2. The zero-order chi connectivity index (χ0) is 16.1. The predicted octanol–water partition coefficient (Wildman–Crippen LogP) is -0.691. The third kappa shape index (κ3) is 10.6. The lowest BCUT2D eigenvalue weighted by molar-refractivity contribution is -0.144. The van der Waals surface area contributed by atoms with Gasteiger partial charge in [-0.1, -0.05) is 0 Å². The van der Waals surface area contributed by atoms with Gasteiger partial charge in [0.15, 0.2) is 0 Å². The van der Waals surface area contributed by atoms with Gasteiger partial charge in [-0.25, -0.2) is 9.59 Å². The summed E-state index contributed by atoms with van der Waals surface area (Å²) in [6, 6.07) is -0.473. The van der Waals surface area contributed by atoms with E-state index in [1.807, 2.05) is 0 Å². The highest BCUT2D eigenvalue weighted by Gasteiger charge is 2.17. The van der Waals surface area contributed by atoms with Gasteiger partial charge in [-0.3, -0.25) is 4.79 Å². The number of ether oxygens (including phenoxy) is 3. The van der Waals surface area contributed by atoms with Crippen molar-refractivity contribution in [1.82, 2.24) is 10.2 Å². The van der Waals surface area contributed by atoms with E-state index in [0.29, 0.717) is 0 Å². The average Bonchev–Trinajstić information content (AvgIpc) is 2.42. The first kappa shape index (κ1) is 19.1. The fraction of sp³-hybridized carbons (Fsp3) is 0.750. The molecule has 0 aromatic heterocycles. The topological polar surface area (TPSA) is 114 Å². The predicted molar refractivity (Wildman–Crippen MR) is 71.9 cm³/mol. The van der Waals surface area contributed by atoms with E-state index in [1.54, 1.807) is 6.92 Å². The number of carboxylic acids is 1. The fourth-order valence-corrected chi connectivity index (χ4v) is 1.32. The van der Waals surface area contributed by atoms with Crippen LogP contribution in [0.1, 0.15) is 6.92 Å². The van der Waals surface area contributed by atoms with Crippen molar-refractivity contribution < 1.29 is 33.7 Å². The third-order valence-electron chi connectivity index (χ3n) is 2.23. The minimum atomic E-state index is -1.08. The SMILES string of the molecule is CCOC(=O)CN(CCOC)C(=O)NCCOCC(=O)O. The Balaban J connectivity index is 4.11. The normalized spacial score (nSPS) is 10.0. The van der Waals surface area contributed by atoms with Crippen LogP contribution in [0.25, 0.3) is 0 Å². The number of carboxylic acid groups (broad SMARTS) is 1. The maximum absolute atomic E-state index is 11.9. The Hall–Kier alpha value is -1.87. The van der Waals surface area contributed by atoms with E-state index in [9.17, 15) is 14.4 Å². The average molecular weight is 306 g/mol. The highest BCUT2D eigenvalue weighted by molar-refractivity contribution is 5.80. The van der Waals surface area contributed by atoms with Crippen LogP contribution in [0.3, 0.4) is 0 Å². The van der Waals surface area contributed by atoms with E-state index in [4.69, 9.17) is 19.3 Å². The second-order valence-corrected chi connectivity index (χ2v) is 3.90. The molecule has 0 spiro atoms. The van der Waals surface area contributed by atoms with Gasteiger partial charge in [0, 0.05) is 20.2 Å². The Morgan fingerprint density at radius 3 is 2.52 bits per heavy atom. The van der Waals surface area contributed by atoms with Crippen LogP contribution in [-0.4, -0.2) is 81.1 Å². The van der Waals surface area contributed by atoms with E-state index in [2.05, 4.69) is 5.32 Å². The summed E-state index contributed by atoms with van der Waals surface area (Å²) in [4.78, 5) is 34.7. The third-order valence-corrected chi connectivity index (χ3v) is 2.23. The summed E-state index contributed by atoms with van der Waals surface area (Å²) >= 11 is 0. The van der Waals surface area contributed by atoms with Crippen LogP contribution in [0.2, 0.25) is 0 Å². The fourth-order valence-electron chi connectivity index (χ4n) is 1.32. The minimum Gasteiger partial charge on any atom is -0.480 e. The van der Waals surface area contributed by atoms with Crippen LogP contribution < -0.4 is 5.32 Å². The Morgan fingerprint density at radius 2 is 1.95 bits per heavy atom. The molecule has 0 radical (unpaired) electrons. The van der Waals surface area contributed by atoms with Crippen LogP contribution >= 0.6 is 0 Å². The van der Waals surface area contributed by atoms with E-state index in [0.717, 1.165) is 0 Å². The number of hydrogen-bond acceptors (Lipinski definition) is 6. The molecule has 0 aromatic carbocycles. The van der Waals surface area contributed by atoms with Crippen molar-refractivity contribution >= 4 is 18.0 Å². The summed E-state index contributed by atoms with van der Waals surface area (Å²) in [5.41, 5.74) is 0. The zero-order valence-electron chi connectivity index (χ0n) is 12.3. The Labute approximate surface area is 123 Å². The van der Waals surface area contributed by atoms with Crippen molar-refractivity contribution in [3.8, 4) is 0 Å². The lowest BCUT2D eigenvalue weighted by Crippen LogP contribution is -2.45. The van der Waals surface area contributed by atoms with Crippen LogP contribution in [-0.2, 0) is 23.8 Å². The monoisotopic (exact) mass is 306 g/mol. The molecule has 2 N–H and O–H groups in total. The number of rotatable bonds is 11. The molecular formula is C12H22N2O7. The summed E-state index contributed by atoms with van der Waals surface area (Å²) < 4.78 is 14.4. The first-order chi connectivity index (χ1) is 10.0. The molecule has 0 atom stereocenters. The van der Waals surface area contributed by atoms with Gasteiger partial charge in [-0.15, -0.1) is 0 Å². The molecule has 122 valence electrons. The van der Waals surface area contributed by atoms with Crippen LogP contribution in [0.5, 0.6) is 0 Å². The molecule has 0 aliphatic rings. The quantitative estimate of drug-likeness (QED) is 0.383. The highest BCUT2D eigenvalue weighted by Crippen LogP contribution is 1.93. The molecule has 9 nitrogen and oxygen atoms in total. The van der Waals surface area contributed by atoms with Crippen LogP contribution in [0, 0.1) is 0 Å². The van der Waals surface area contributed by atoms with E-state index in [1.165, 1.54) is 12.0 Å². The summed E-state index contributed by atoms with van der Waals surface area (Å²) in [5.74, 6) is -1.59. The maximum Gasteiger partial charge on any atom is 0.329 e. The van der Waals surface area contributed by atoms with Gasteiger partial charge in [0.2, 0.25) is 0 Å². The first-order valence-electron chi connectivity index (χ1n) is 6.48. The number of nitrogens with zero attached hydrogens (tertiary/aromatic N) is 1. The number of aliphatic carboxylic acids is 1. The maximum atomic E-state index is 11.9. The standard InChI is InChI=1S/C12H22N2O7/c1-3-21-11(17)8-14(5-7-19-2)12(18)13-4-6-20-9-10(15)16/h3-9H2,1-2H3,(H,13,18)(H,15,16). The number of amides is 2. The number of hydrogen-bond donors (Lipinski definition) is 2. The number of carbonyl (C=O) groups is 3. The molecule has 0 saturated heterocycles. The van der Waals surface area contributed by atoms with E-state index >= 15 is 0 Å².